The second-order valence-electron chi connectivity index (χ2n) is 3.90. The van der Waals surface area contributed by atoms with Crippen molar-refractivity contribution in [2.45, 2.75) is 32.4 Å². The highest BCUT2D eigenvalue weighted by molar-refractivity contribution is 5.66. The molecule has 0 aromatic heterocycles. The van der Waals surface area contributed by atoms with Gasteiger partial charge in [0.05, 0.1) is 19.3 Å². The van der Waals surface area contributed by atoms with E-state index >= 15 is 0 Å². The summed E-state index contributed by atoms with van der Waals surface area (Å²) in [5, 5.41) is 26.4. The van der Waals surface area contributed by atoms with Crippen LogP contribution in [-0.2, 0) is 0 Å². The van der Waals surface area contributed by atoms with Crippen LogP contribution in [0.3, 0.4) is 0 Å². The van der Waals surface area contributed by atoms with E-state index in [2.05, 4.69) is 0 Å². The van der Waals surface area contributed by atoms with Gasteiger partial charge in [-0.1, -0.05) is 0 Å². The number of carboxylic acid groups (broad SMARTS) is 1. The molecule has 0 radical (unpaired) electrons. The molecule has 0 aromatic rings. The first-order valence-electron chi connectivity index (χ1n) is 4.08. The van der Waals surface area contributed by atoms with Gasteiger partial charge in [-0.05, 0) is 20.8 Å². The van der Waals surface area contributed by atoms with Crippen molar-refractivity contribution < 1.29 is 20.1 Å². The molecule has 0 fully saturated rings. The fraction of sp³-hybridized carbons (Fsp3) is 0.875. The molecule has 1 atom stereocenters. The third-order valence-electron chi connectivity index (χ3n) is 1.64. The van der Waals surface area contributed by atoms with Crippen LogP contribution in [0.25, 0.3) is 0 Å². The first-order chi connectivity index (χ1) is 5.79. The summed E-state index contributed by atoms with van der Waals surface area (Å²) in [5.41, 5.74) is -0.567. The molecule has 1 unspecified atom stereocenters. The van der Waals surface area contributed by atoms with Crippen molar-refractivity contribution in [2.75, 3.05) is 13.2 Å². The van der Waals surface area contributed by atoms with Crippen LogP contribution in [-0.4, -0.2) is 51.1 Å². The third kappa shape index (κ3) is 4.10. The van der Waals surface area contributed by atoms with E-state index in [9.17, 15) is 4.79 Å². The molecule has 13 heavy (non-hydrogen) atoms. The lowest BCUT2D eigenvalue weighted by Crippen LogP contribution is -2.49. The molecule has 0 aliphatic heterocycles. The number of β-amino-alcohol motifs (C(OH)–C–C–N with tert-alkyl or cyclic N) is 1. The smallest absolute Gasteiger partial charge is 0.407 e. The van der Waals surface area contributed by atoms with Crippen molar-refractivity contribution in [3.8, 4) is 0 Å². The van der Waals surface area contributed by atoms with Gasteiger partial charge < -0.3 is 20.2 Å². The first kappa shape index (κ1) is 12.2. The highest BCUT2D eigenvalue weighted by Gasteiger charge is 2.27. The monoisotopic (exact) mass is 191 g/mol. The Hall–Kier alpha value is -0.810. The van der Waals surface area contributed by atoms with Crippen LogP contribution in [0, 0.1) is 0 Å². The van der Waals surface area contributed by atoms with Crippen LogP contribution < -0.4 is 0 Å². The first-order valence-corrected chi connectivity index (χ1v) is 4.08. The Morgan fingerprint density at radius 1 is 1.46 bits per heavy atom. The molecule has 0 aromatic carbocycles. The fourth-order valence-corrected chi connectivity index (χ4v) is 0.907. The van der Waals surface area contributed by atoms with Crippen molar-refractivity contribution in [1.29, 1.82) is 0 Å². The molecule has 78 valence electrons. The van der Waals surface area contributed by atoms with Crippen molar-refractivity contribution in [3.05, 3.63) is 0 Å². The van der Waals surface area contributed by atoms with Gasteiger partial charge in [-0.25, -0.2) is 4.79 Å². The second-order valence-corrected chi connectivity index (χ2v) is 3.90. The zero-order chi connectivity index (χ0) is 10.6. The summed E-state index contributed by atoms with van der Waals surface area (Å²) in [6, 6.07) is 0. The number of hydrogen-bond donors (Lipinski definition) is 3. The molecule has 5 heteroatoms. The van der Waals surface area contributed by atoms with Crippen LogP contribution in [0.1, 0.15) is 20.8 Å². The van der Waals surface area contributed by atoms with Gasteiger partial charge in [0.15, 0.2) is 0 Å². The molecule has 1 amide bonds. The molecule has 0 heterocycles. The number of aliphatic hydroxyl groups is 2. The van der Waals surface area contributed by atoms with Crippen LogP contribution in [0.4, 0.5) is 4.79 Å². The average molecular weight is 191 g/mol. The Kier molecular flexibility index (Phi) is 4.16. The Balaban J connectivity index is 4.37. The maximum atomic E-state index is 10.7. The molecule has 0 bridgehead atoms. The molecular weight excluding hydrogens is 174 g/mol. The number of nitrogens with zero attached hydrogens (tertiary/aromatic N) is 1. The fourth-order valence-electron chi connectivity index (χ4n) is 0.907. The minimum Gasteiger partial charge on any atom is -0.465 e. The number of carbonyl (C=O) groups is 1. The topological polar surface area (TPSA) is 81.0 Å². The van der Waals surface area contributed by atoms with E-state index in [-0.39, 0.29) is 6.54 Å². The standard InChI is InChI=1S/C8H17NO4/c1-8(2,3)9(7(12)13)4-6(11)5-10/h6,10-11H,4-5H2,1-3H3,(H,12,13). The summed E-state index contributed by atoms with van der Waals surface area (Å²) in [7, 11) is 0. The van der Waals surface area contributed by atoms with Gasteiger partial charge in [0.1, 0.15) is 0 Å². The summed E-state index contributed by atoms with van der Waals surface area (Å²) in [4.78, 5) is 11.8. The number of hydrogen-bond acceptors (Lipinski definition) is 3. The van der Waals surface area contributed by atoms with Crippen LogP contribution in [0.15, 0.2) is 0 Å². The summed E-state index contributed by atoms with van der Waals surface area (Å²) in [6.07, 6.45) is -2.12. The number of rotatable bonds is 3. The lowest BCUT2D eigenvalue weighted by molar-refractivity contribution is 0.0301. The van der Waals surface area contributed by atoms with Gasteiger partial charge in [-0.3, -0.25) is 0 Å². The van der Waals surface area contributed by atoms with Gasteiger partial charge in [0.2, 0.25) is 0 Å². The van der Waals surface area contributed by atoms with Crippen LogP contribution >= 0.6 is 0 Å². The molecule has 0 spiro atoms. The third-order valence-corrected chi connectivity index (χ3v) is 1.64. The Morgan fingerprint density at radius 2 is 1.92 bits per heavy atom. The van der Waals surface area contributed by atoms with E-state index in [4.69, 9.17) is 15.3 Å². The summed E-state index contributed by atoms with van der Waals surface area (Å²) < 4.78 is 0. The largest absolute Gasteiger partial charge is 0.465 e. The van der Waals surface area contributed by atoms with E-state index in [1.54, 1.807) is 20.8 Å². The Labute approximate surface area is 77.6 Å². The predicted molar refractivity (Wildman–Crippen MR) is 47.6 cm³/mol. The summed E-state index contributed by atoms with van der Waals surface area (Å²) in [6.45, 7) is 4.68. The summed E-state index contributed by atoms with van der Waals surface area (Å²) in [5.74, 6) is 0. The van der Waals surface area contributed by atoms with E-state index in [1.165, 1.54) is 0 Å². The molecule has 3 N–H and O–H groups in total. The lowest BCUT2D eigenvalue weighted by atomic mass is 10.1. The highest BCUT2D eigenvalue weighted by Crippen LogP contribution is 2.13. The minimum atomic E-state index is -1.10. The maximum absolute atomic E-state index is 10.7. The SMILES string of the molecule is CC(C)(C)N(CC(O)CO)C(=O)O. The normalized spacial score (nSPS) is 13.9. The van der Waals surface area contributed by atoms with Crippen LogP contribution in [0.2, 0.25) is 0 Å². The molecule has 0 aliphatic carbocycles. The average Bonchev–Trinajstić information content (AvgIpc) is 1.96. The number of amides is 1. The van der Waals surface area contributed by atoms with E-state index in [0.29, 0.717) is 0 Å². The van der Waals surface area contributed by atoms with Gasteiger partial charge in [0.25, 0.3) is 0 Å². The molecule has 0 saturated carbocycles. The quantitative estimate of drug-likeness (QED) is 0.591. The van der Waals surface area contributed by atoms with Gasteiger partial charge in [0, 0.05) is 5.54 Å². The zero-order valence-corrected chi connectivity index (χ0v) is 8.19. The molecule has 0 aliphatic rings. The molecule has 5 nitrogen and oxygen atoms in total. The predicted octanol–water partition coefficient (Wildman–Crippen LogP) is 0.118. The molecular formula is C8H17NO4. The number of aliphatic hydroxyl groups excluding tert-OH is 2. The van der Waals surface area contributed by atoms with Crippen molar-refractivity contribution in [2.24, 2.45) is 0 Å². The van der Waals surface area contributed by atoms with Crippen molar-refractivity contribution >= 4 is 6.09 Å². The van der Waals surface area contributed by atoms with Gasteiger partial charge >= 0.3 is 6.09 Å². The van der Waals surface area contributed by atoms with E-state index < -0.39 is 24.3 Å². The summed E-state index contributed by atoms with van der Waals surface area (Å²) >= 11 is 0. The van der Waals surface area contributed by atoms with Crippen molar-refractivity contribution in [3.63, 3.8) is 0 Å². The molecule has 0 rings (SSSR count). The molecule has 0 saturated heterocycles. The van der Waals surface area contributed by atoms with E-state index in [1.807, 2.05) is 0 Å². The maximum Gasteiger partial charge on any atom is 0.407 e. The lowest BCUT2D eigenvalue weighted by Gasteiger charge is -2.34. The zero-order valence-electron chi connectivity index (χ0n) is 8.19. The van der Waals surface area contributed by atoms with Gasteiger partial charge in [-0.2, -0.15) is 0 Å². The van der Waals surface area contributed by atoms with Gasteiger partial charge in [-0.15, -0.1) is 0 Å². The minimum absolute atomic E-state index is 0.0741. The van der Waals surface area contributed by atoms with Crippen LogP contribution in [0.5, 0.6) is 0 Å². The Bertz CT molecular complexity index is 175. The van der Waals surface area contributed by atoms with E-state index in [0.717, 1.165) is 4.90 Å². The van der Waals surface area contributed by atoms with Crippen molar-refractivity contribution in [1.82, 2.24) is 4.90 Å². The second kappa shape index (κ2) is 4.43. The highest BCUT2D eigenvalue weighted by atomic mass is 16.4. The Morgan fingerprint density at radius 3 is 2.15 bits per heavy atom.